The van der Waals surface area contributed by atoms with Crippen molar-refractivity contribution in [1.29, 1.82) is 0 Å². The first-order valence-corrected chi connectivity index (χ1v) is 11.2. The number of benzene rings is 2. The number of fused-ring (bicyclic) bond motifs is 5. The third-order valence-electron chi connectivity index (χ3n) is 5.24. The number of carbonyl (C=O) groups excluding carboxylic acids is 1. The summed E-state index contributed by atoms with van der Waals surface area (Å²) in [4.78, 5) is 26.5. The van der Waals surface area contributed by atoms with E-state index in [1.807, 2.05) is 18.2 Å². The quantitative estimate of drug-likeness (QED) is 0.566. The third kappa shape index (κ3) is 3.00. The van der Waals surface area contributed by atoms with Crippen LogP contribution in [-0.2, 0) is 6.54 Å². The molecule has 3 heterocycles. The van der Waals surface area contributed by atoms with Crippen molar-refractivity contribution in [3.05, 3.63) is 79.2 Å². The molecule has 28 heavy (non-hydrogen) atoms. The Labute approximate surface area is 175 Å². The van der Waals surface area contributed by atoms with E-state index in [2.05, 4.69) is 6.07 Å². The lowest BCUT2D eigenvalue weighted by molar-refractivity contribution is 0.0968. The van der Waals surface area contributed by atoms with Gasteiger partial charge in [-0.05, 0) is 30.3 Å². The van der Waals surface area contributed by atoms with Gasteiger partial charge in [-0.25, -0.2) is 0 Å². The molecule has 1 aromatic heterocycles. The summed E-state index contributed by atoms with van der Waals surface area (Å²) in [7, 11) is 0. The van der Waals surface area contributed by atoms with E-state index in [4.69, 9.17) is 16.3 Å². The van der Waals surface area contributed by atoms with E-state index in [0.29, 0.717) is 23.1 Å². The molecule has 5 rings (SSSR count). The lowest BCUT2D eigenvalue weighted by atomic mass is 9.84. The van der Waals surface area contributed by atoms with Crippen molar-refractivity contribution in [2.24, 2.45) is 5.92 Å². The summed E-state index contributed by atoms with van der Waals surface area (Å²) in [6, 6.07) is 14.8. The van der Waals surface area contributed by atoms with Gasteiger partial charge in [-0.3, -0.25) is 14.2 Å². The number of ether oxygens (including phenoxy) is 1. The van der Waals surface area contributed by atoms with Crippen LogP contribution in [-0.4, -0.2) is 22.7 Å². The highest BCUT2D eigenvalue weighted by Crippen LogP contribution is 2.50. The number of nitrogens with zero attached hydrogens (tertiary/aromatic N) is 1. The number of hydrogen-bond donors (Lipinski definition) is 0. The first-order chi connectivity index (χ1) is 13.6. The highest BCUT2D eigenvalue weighted by molar-refractivity contribution is 7.99. The van der Waals surface area contributed by atoms with Gasteiger partial charge in [-0.2, -0.15) is 0 Å². The maximum Gasteiger partial charge on any atom is 0.308 e. The Bertz CT molecular complexity index is 1120. The second-order valence-electron chi connectivity index (χ2n) is 6.95. The molecule has 142 valence electrons. The first kappa shape index (κ1) is 18.0. The van der Waals surface area contributed by atoms with Crippen molar-refractivity contribution in [2.45, 2.75) is 17.5 Å². The van der Waals surface area contributed by atoms with Crippen molar-refractivity contribution in [3.63, 3.8) is 0 Å². The average Bonchev–Trinajstić information content (AvgIpc) is 3.03. The molecule has 0 saturated carbocycles. The van der Waals surface area contributed by atoms with Crippen LogP contribution in [0.1, 0.15) is 26.7 Å². The van der Waals surface area contributed by atoms with Crippen LogP contribution in [0.4, 0.5) is 0 Å². The minimum Gasteiger partial charge on any atom is -0.493 e. The van der Waals surface area contributed by atoms with Gasteiger partial charge < -0.3 is 4.74 Å². The zero-order valence-corrected chi connectivity index (χ0v) is 17.2. The second kappa shape index (κ2) is 7.10. The lowest BCUT2D eigenvalue weighted by Gasteiger charge is -2.36. The Balaban J connectivity index is 1.53. The van der Waals surface area contributed by atoms with Crippen molar-refractivity contribution >= 4 is 40.5 Å². The maximum absolute atomic E-state index is 12.8. The molecule has 0 aliphatic carbocycles. The number of hydrogen-bond acceptors (Lipinski definition) is 5. The molecule has 0 N–H and O–H groups in total. The van der Waals surface area contributed by atoms with E-state index in [1.54, 1.807) is 40.6 Å². The Morgan fingerprint density at radius 2 is 1.96 bits per heavy atom. The molecule has 4 nitrogen and oxygen atoms in total. The standard InChI is InChI=1S/C21H16ClNO3S2/c22-14-7-5-12(6-8-14)16(24)9-23-20-19(28-21(23)25)18-13(11-27-20)10-26-17-4-2-1-3-15(17)18/h1-8,13,18H,9-11H2/t13-,18-/m1/s1. The van der Waals surface area contributed by atoms with E-state index >= 15 is 0 Å². The summed E-state index contributed by atoms with van der Waals surface area (Å²) in [6.45, 7) is 0.707. The van der Waals surface area contributed by atoms with Crippen molar-refractivity contribution < 1.29 is 9.53 Å². The third-order valence-corrected chi connectivity index (χ3v) is 7.99. The van der Waals surface area contributed by atoms with Gasteiger partial charge in [0.1, 0.15) is 5.75 Å². The number of rotatable bonds is 3. The van der Waals surface area contributed by atoms with Crippen LogP contribution in [0.5, 0.6) is 5.75 Å². The zero-order valence-electron chi connectivity index (χ0n) is 14.8. The number of thioether (sulfide) groups is 1. The molecule has 0 fully saturated rings. The van der Waals surface area contributed by atoms with Crippen molar-refractivity contribution in [2.75, 3.05) is 12.4 Å². The van der Waals surface area contributed by atoms with E-state index in [1.165, 1.54) is 11.3 Å². The monoisotopic (exact) mass is 429 g/mol. The molecule has 0 unspecified atom stereocenters. The molecule has 0 bridgehead atoms. The first-order valence-electron chi connectivity index (χ1n) is 8.98. The highest BCUT2D eigenvalue weighted by Gasteiger charge is 2.39. The average molecular weight is 430 g/mol. The number of halogens is 1. The Morgan fingerprint density at radius 1 is 1.18 bits per heavy atom. The van der Waals surface area contributed by atoms with Gasteiger partial charge in [0.25, 0.3) is 0 Å². The van der Waals surface area contributed by atoms with Gasteiger partial charge in [0.2, 0.25) is 0 Å². The summed E-state index contributed by atoms with van der Waals surface area (Å²) in [5.74, 6) is 2.18. The summed E-state index contributed by atoms with van der Waals surface area (Å²) in [5, 5.41) is 1.51. The second-order valence-corrected chi connectivity index (χ2v) is 9.39. The molecule has 2 aliphatic rings. The zero-order chi connectivity index (χ0) is 19.3. The smallest absolute Gasteiger partial charge is 0.308 e. The number of para-hydroxylation sites is 1. The highest BCUT2D eigenvalue weighted by atomic mass is 35.5. The predicted molar refractivity (Wildman–Crippen MR) is 112 cm³/mol. The van der Waals surface area contributed by atoms with Crippen molar-refractivity contribution in [3.8, 4) is 5.75 Å². The van der Waals surface area contributed by atoms with E-state index in [-0.39, 0.29) is 23.1 Å². The Hall–Kier alpha value is -2.02. The van der Waals surface area contributed by atoms with Crippen LogP contribution in [0.2, 0.25) is 5.02 Å². The SMILES string of the molecule is O=C(Cn1c2c(sc1=O)[C@H]1c3ccccc3OC[C@@H]1CS2)c1ccc(Cl)cc1. The summed E-state index contributed by atoms with van der Waals surface area (Å²) < 4.78 is 7.55. The minimum absolute atomic E-state index is 0.0504. The van der Waals surface area contributed by atoms with Crippen LogP contribution >= 0.6 is 34.7 Å². The van der Waals surface area contributed by atoms with Crippen molar-refractivity contribution in [1.82, 2.24) is 4.57 Å². The lowest BCUT2D eigenvalue weighted by Crippen LogP contribution is -2.31. The molecule has 0 spiro atoms. The number of aromatic nitrogens is 1. The molecule has 2 aliphatic heterocycles. The molecule has 2 atom stereocenters. The molecule has 0 amide bonds. The van der Waals surface area contributed by atoms with Crippen LogP contribution in [0.25, 0.3) is 0 Å². The van der Waals surface area contributed by atoms with Gasteiger partial charge in [0, 0.05) is 38.6 Å². The molecule has 7 heteroatoms. The summed E-state index contributed by atoms with van der Waals surface area (Å²) in [5.41, 5.74) is 1.70. The molecule has 0 radical (unpaired) electrons. The topological polar surface area (TPSA) is 48.3 Å². The fraction of sp³-hybridized carbons (Fsp3) is 0.238. The number of carbonyl (C=O) groups is 1. The normalized spacial score (nSPS) is 19.9. The fourth-order valence-electron chi connectivity index (χ4n) is 3.86. The van der Waals surface area contributed by atoms with Crippen LogP contribution < -0.4 is 9.61 Å². The van der Waals surface area contributed by atoms with Gasteiger partial charge in [-0.15, -0.1) is 11.8 Å². The fourth-order valence-corrected chi connectivity index (χ4v) is 6.68. The molecular weight excluding hydrogens is 414 g/mol. The molecular formula is C21H16ClNO3S2. The van der Waals surface area contributed by atoms with Crippen LogP contribution in [0, 0.1) is 5.92 Å². The molecule has 3 aromatic rings. The van der Waals surface area contributed by atoms with Gasteiger partial charge in [0.15, 0.2) is 5.78 Å². The molecule has 0 saturated heterocycles. The summed E-state index contributed by atoms with van der Waals surface area (Å²) >= 11 is 8.83. The van der Waals surface area contributed by atoms with Gasteiger partial charge in [0.05, 0.1) is 18.2 Å². The number of thiazole rings is 1. The predicted octanol–water partition coefficient (Wildman–Crippen LogP) is 4.69. The Morgan fingerprint density at radius 3 is 2.79 bits per heavy atom. The number of Topliss-reactive ketones (excluding diaryl/α,β-unsaturated/α-hetero) is 1. The largest absolute Gasteiger partial charge is 0.493 e. The van der Waals surface area contributed by atoms with Crippen LogP contribution in [0.15, 0.2) is 58.4 Å². The van der Waals surface area contributed by atoms with Gasteiger partial charge >= 0.3 is 4.87 Å². The van der Waals surface area contributed by atoms with Gasteiger partial charge in [-0.1, -0.05) is 41.1 Å². The Kier molecular flexibility index (Phi) is 4.57. The maximum atomic E-state index is 12.8. The van der Waals surface area contributed by atoms with Crippen LogP contribution in [0.3, 0.4) is 0 Å². The minimum atomic E-state index is -0.0885. The molecule has 2 aromatic carbocycles. The van der Waals surface area contributed by atoms with E-state index in [9.17, 15) is 9.59 Å². The van der Waals surface area contributed by atoms with E-state index in [0.717, 1.165) is 27.0 Å². The summed E-state index contributed by atoms with van der Waals surface area (Å²) in [6.07, 6.45) is 0. The number of ketones is 1. The van der Waals surface area contributed by atoms with E-state index < -0.39 is 0 Å².